The Morgan fingerprint density at radius 3 is 2.45 bits per heavy atom. The fourth-order valence-electron chi connectivity index (χ4n) is 6.00. The SMILES string of the molecule is Cc1nnc2cnc(N3CC(C)(C)c4c3ncnc4N3C[C@@H](C)N(C(=O)[C@]4(C)CCS4(=O)=O)C[C@@H]3C)cn12. The number of carbonyl (C=O) groups excluding carboxylic acids is 1. The monoisotopic (exact) mass is 539 g/mol. The van der Waals surface area contributed by atoms with E-state index in [1.54, 1.807) is 24.3 Å². The van der Waals surface area contributed by atoms with Gasteiger partial charge in [-0.05, 0) is 34.1 Å². The Morgan fingerprint density at radius 1 is 1.03 bits per heavy atom. The minimum absolute atomic E-state index is 0.0560. The summed E-state index contributed by atoms with van der Waals surface area (Å²) in [6.45, 7) is 13.5. The predicted octanol–water partition coefficient (Wildman–Crippen LogP) is 1.65. The topological polar surface area (TPSA) is 130 Å². The van der Waals surface area contributed by atoms with Gasteiger partial charge in [-0.1, -0.05) is 13.8 Å². The molecule has 0 unspecified atom stereocenters. The van der Waals surface area contributed by atoms with Crippen LogP contribution in [0.5, 0.6) is 0 Å². The number of hydrogen-bond acceptors (Lipinski definition) is 10. The molecule has 0 spiro atoms. The zero-order chi connectivity index (χ0) is 27.2. The summed E-state index contributed by atoms with van der Waals surface area (Å²) in [5.41, 5.74) is 1.45. The van der Waals surface area contributed by atoms with Crippen LogP contribution in [0.2, 0.25) is 0 Å². The molecule has 3 aliphatic heterocycles. The van der Waals surface area contributed by atoms with E-state index in [1.165, 1.54) is 0 Å². The number of rotatable bonds is 3. The van der Waals surface area contributed by atoms with Crippen LogP contribution in [0, 0.1) is 6.92 Å². The number of aromatic nitrogens is 6. The zero-order valence-electron chi connectivity index (χ0n) is 22.6. The minimum atomic E-state index is -3.39. The molecule has 0 saturated carbocycles. The molecule has 3 aromatic heterocycles. The number of anilines is 3. The molecule has 2 saturated heterocycles. The highest BCUT2D eigenvalue weighted by atomic mass is 32.2. The van der Waals surface area contributed by atoms with Gasteiger partial charge in [0.1, 0.15) is 28.5 Å². The first-order valence-corrected chi connectivity index (χ1v) is 14.6. The van der Waals surface area contributed by atoms with Crippen LogP contribution in [0.3, 0.4) is 0 Å². The van der Waals surface area contributed by atoms with Crippen molar-refractivity contribution in [3.05, 3.63) is 30.1 Å². The van der Waals surface area contributed by atoms with Gasteiger partial charge in [-0.3, -0.25) is 9.20 Å². The molecule has 3 aliphatic rings. The summed E-state index contributed by atoms with van der Waals surface area (Å²) in [5, 5.41) is 8.28. The van der Waals surface area contributed by atoms with Crippen LogP contribution in [0.4, 0.5) is 17.5 Å². The molecule has 0 N–H and O–H groups in total. The maximum absolute atomic E-state index is 13.4. The maximum atomic E-state index is 13.4. The van der Waals surface area contributed by atoms with Crippen molar-refractivity contribution in [3.8, 4) is 0 Å². The first kappa shape index (κ1) is 25.0. The lowest BCUT2D eigenvalue weighted by Gasteiger charge is -2.49. The Kier molecular flexibility index (Phi) is 5.30. The van der Waals surface area contributed by atoms with Gasteiger partial charge in [0.15, 0.2) is 21.3 Å². The van der Waals surface area contributed by atoms with E-state index in [0.717, 1.165) is 28.8 Å². The summed E-state index contributed by atoms with van der Waals surface area (Å²) in [6.07, 6.45) is 5.61. The van der Waals surface area contributed by atoms with Crippen molar-refractivity contribution < 1.29 is 13.2 Å². The number of nitrogens with zero attached hydrogens (tertiary/aromatic N) is 9. The molecular formula is C25H33N9O3S. The molecule has 13 heteroatoms. The van der Waals surface area contributed by atoms with Crippen molar-refractivity contribution in [1.82, 2.24) is 34.4 Å². The summed E-state index contributed by atoms with van der Waals surface area (Å²) < 4.78 is 25.5. The summed E-state index contributed by atoms with van der Waals surface area (Å²) in [6, 6.07) is -0.224. The first-order valence-electron chi connectivity index (χ1n) is 12.9. The van der Waals surface area contributed by atoms with Crippen LogP contribution in [-0.2, 0) is 20.0 Å². The Labute approximate surface area is 222 Å². The third kappa shape index (κ3) is 3.43. The Hall–Kier alpha value is -3.35. The maximum Gasteiger partial charge on any atom is 0.244 e. The average Bonchev–Trinajstić information content (AvgIpc) is 3.39. The second kappa shape index (κ2) is 8.08. The molecule has 0 radical (unpaired) electrons. The number of sulfone groups is 1. The van der Waals surface area contributed by atoms with Crippen LogP contribution in [0.15, 0.2) is 18.7 Å². The highest BCUT2D eigenvalue weighted by Crippen LogP contribution is 2.47. The van der Waals surface area contributed by atoms with E-state index in [-0.39, 0.29) is 29.2 Å². The number of piperazine rings is 1. The van der Waals surface area contributed by atoms with Crippen LogP contribution in [0.25, 0.3) is 5.65 Å². The van der Waals surface area contributed by atoms with E-state index in [2.05, 4.69) is 50.7 Å². The van der Waals surface area contributed by atoms with Gasteiger partial charge in [0, 0.05) is 42.7 Å². The van der Waals surface area contributed by atoms with Crippen molar-refractivity contribution in [2.45, 2.75) is 70.2 Å². The van der Waals surface area contributed by atoms with Crippen molar-refractivity contribution >= 4 is 38.8 Å². The number of amides is 1. The van der Waals surface area contributed by atoms with Crippen LogP contribution in [0.1, 0.15) is 52.4 Å². The molecule has 3 atom stereocenters. The zero-order valence-corrected chi connectivity index (χ0v) is 23.4. The molecule has 1 amide bonds. The molecule has 0 bridgehead atoms. The highest BCUT2D eigenvalue weighted by Gasteiger charge is 2.57. The fraction of sp³-hybridized carbons (Fsp3) is 0.600. The van der Waals surface area contributed by atoms with Gasteiger partial charge in [0.2, 0.25) is 5.91 Å². The summed E-state index contributed by atoms with van der Waals surface area (Å²) in [7, 11) is -3.39. The van der Waals surface area contributed by atoms with Gasteiger partial charge in [-0.25, -0.2) is 23.4 Å². The molecule has 6 rings (SSSR count). The minimum Gasteiger partial charge on any atom is -0.350 e. The number of hydrogen-bond donors (Lipinski definition) is 0. The lowest BCUT2D eigenvalue weighted by atomic mass is 9.87. The van der Waals surface area contributed by atoms with Crippen molar-refractivity contribution in [1.29, 1.82) is 0 Å². The molecule has 3 aromatic rings. The van der Waals surface area contributed by atoms with Gasteiger partial charge in [-0.2, -0.15) is 0 Å². The molecule has 6 heterocycles. The molecule has 0 aromatic carbocycles. The number of aryl methyl sites for hydroxylation is 1. The van der Waals surface area contributed by atoms with Gasteiger partial charge in [-0.15, -0.1) is 10.2 Å². The second-order valence-electron chi connectivity index (χ2n) is 11.7. The normalized spacial score (nSPS) is 27.9. The predicted molar refractivity (Wildman–Crippen MR) is 142 cm³/mol. The molecule has 202 valence electrons. The molecular weight excluding hydrogens is 506 g/mol. The average molecular weight is 540 g/mol. The third-order valence-corrected chi connectivity index (χ3v) is 11.0. The Balaban J connectivity index is 1.33. The smallest absolute Gasteiger partial charge is 0.244 e. The summed E-state index contributed by atoms with van der Waals surface area (Å²) in [5.74, 6) is 2.99. The van der Waals surface area contributed by atoms with Crippen molar-refractivity contribution in [2.75, 3.05) is 35.2 Å². The van der Waals surface area contributed by atoms with Gasteiger partial charge in [0.05, 0.1) is 18.1 Å². The second-order valence-corrected chi connectivity index (χ2v) is 14.2. The van der Waals surface area contributed by atoms with E-state index >= 15 is 0 Å². The lowest BCUT2D eigenvalue weighted by Crippen LogP contribution is -2.66. The van der Waals surface area contributed by atoms with Crippen molar-refractivity contribution in [2.24, 2.45) is 0 Å². The molecule has 12 nitrogen and oxygen atoms in total. The van der Waals surface area contributed by atoms with E-state index in [1.807, 2.05) is 24.4 Å². The Bertz CT molecular complexity index is 1570. The van der Waals surface area contributed by atoms with E-state index in [9.17, 15) is 13.2 Å². The lowest BCUT2D eigenvalue weighted by molar-refractivity contribution is -0.137. The van der Waals surface area contributed by atoms with Crippen LogP contribution >= 0.6 is 0 Å². The van der Waals surface area contributed by atoms with E-state index < -0.39 is 14.6 Å². The van der Waals surface area contributed by atoms with E-state index in [0.29, 0.717) is 31.7 Å². The van der Waals surface area contributed by atoms with Gasteiger partial charge >= 0.3 is 0 Å². The number of carbonyl (C=O) groups is 1. The highest BCUT2D eigenvalue weighted by molar-refractivity contribution is 7.95. The largest absolute Gasteiger partial charge is 0.350 e. The van der Waals surface area contributed by atoms with Gasteiger partial charge < -0.3 is 14.7 Å². The first-order chi connectivity index (χ1) is 17.8. The van der Waals surface area contributed by atoms with E-state index in [4.69, 9.17) is 4.98 Å². The summed E-state index contributed by atoms with van der Waals surface area (Å²) >= 11 is 0. The third-order valence-electron chi connectivity index (χ3n) is 8.52. The van der Waals surface area contributed by atoms with Crippen molar-refractivity contribution in [3.63, 3.8) is 0 Å². The van der Waals surface area contributed by atoms with Crippen LogP contribution in [-0.4, -0.2) is 91.0 Å². The standard InChI is InChI=1S/C25H33N9O3S/c1-15-11-32(23(35)25(6)7-8-38(25,36)37)16(2)10-31(15)21-20-22(28-14-27-21)34(13-24(20,4)5)19-12-33-17(3)29-30-18(33)9-26-19/h9,12,14-16H,7-8,10-11,13H2,1-6H3/t15-,16+,25-/m0/s1. The quantitative estimate of drug-likeness (QED) is 0.484. The molecule has 0 aliphatic carbocycles. The molecule has 2 fully saturated rings. The number of fused-ring (bicyclic) bond motifs is 2. The molecule has 38 heavy (non-hydrogen) atoms. The Morgan fingerprint density at radius 2 is 1.76 bits per heavy atom. The van der Waals surface area contributed by atoms with Gasteiger partial charge in [0.25, 0.3) is 0 Å². The fourth-order valence-corrected chi connectivity index (χ4v) is 7.54. The summed E-state index contributed by atoms with van der Waals surface area (Å²) in [4.78, 5) is 33.6. The van der Waals surface area contributed by atoms with Crippen LogP contribution < -0.4 is 9.80 Å².